The standard InChI is InChI=1S/C11H12Cl2FNO2S/c12-8-2-1-3-10(8)15-18(16,17)11-6-7(14)4-5-9(11)13/h4-6,8,10,15H,1-3H2. The minimum Gasteiger partial charge on any atom is -0.207 e. The van der Waals surface area contributed by atoms with Crippen molar-refractivity contribution in [3.63, 3.8) is 0 Å². The molecule has 1 aliphatic carbocycles. The van der Waals surface area contributed by atoms with E-state index in [-0.39, 0.29) is 21.3 Å². The fourth-order valence-electron chi connectivity index (χ4n) is 1.99. The average Bonchev–Trinajstić information content (AvgIpc) is 2.67. The van der Waals surface area contributed by atoms with E-state index in [1.165, 1.54) is 6.07 Å². The molecule has 1 aromatic carbocycles. The number of rotatable bonds is 3. The second-order valence-corrected chi connectivity index (χ2v) is 6.90. The van der Waals surface area contributed by atoms with Gasteiger partial charge in [0.05, 0.1) is 5.02 Å². The Hall–Kier alpha value is -0.360. The van der Waals surface area contributed by atoms with Gasteiger partial charge in [-0.3, -0.25) is 0 Å². The van der Waals surface area contributed by atoms with E-state index in [1.54, 1.807) is 0 Å². The number of nitrogens with one attached hydrogen (secondary N) is 1. The van der Waals surface area contributed by atoms with Crippen molar-refractivity contribution in [2.24, 2.45) is 0 Å². The van der Waals surface area contributed by atoms with Gasteiger partial charge in [-0.2, -0.15) is 0 Å². The van der Waals surface area contributed by atoms with Gasteiger partial charge in [0.15, 0.2) is 0 Å². The molecule has 2 atom stereocenters. The van der Waals surface area contributed by atoms with Crippen LogP contribution in [-0.2, 0) is 10.0 Å². The van der Waals surface area contributed by atoms with Crippen LogP contribution in [0.5, 0.6) is 0 Å². The van der Waals surface area contributed by atoms with Gasteiger partial charge in [0, 0.05) is 11.4 Å². The maximum absolute atomic E-state index is 13.1. The molecule has 18 heavy (non-hydrogen) atoms. The van der Waals surface area contributed by atoms with Crippen molar-refractivity contribution in [2.75, 3.05) is 0 Å². The van der Waals surface area contributed by atoms with Crippen LogP contribution in [0.1, 0.15) is 19.3 Å². The molecule has 2 unspecified atom stereocenters. The fourth-order valence-corrected chi connectivity index (χ4v) is 4.23. The van der Waals surface area contributed by atoms with E-state index in [4.69, 9.17) is 23.2 Å². The first kappa shape index (κ1) is 14.1. The van der Waals surface area contributed by atoms with Crippen LogP contribution in [0, 0.1) is 5.82 Å². The zero-order chi connectivity index (χ0) is 13.3. The van der Waals surface area contributed by atoms with Gasteiger partial charge in [0.2, 0.25) is 10.0 Å². The lowest BCUT2D eigenvalue weighted by molar-refractivity contribution is 0.551. The van der Waals surface area contributed by atoms with Crippen LogP contribution < -0.4 is 4.72 Å². The van der Waals surface area contributed by atoms with Crippen molar-refractivity contribution < 1.29 is 12.8 Å². The molecule has 1 fully saturated rings. The predicted octanol–water partition coefficient (Wildman–Crippen LogP) is 2.92. The summed E-state index contributed by atoms with van der Waals surface area (Å²) in [6.45, 7) is 0. The molecule has 1 aliphatic rings. The molecule has 0 saturated heterocycles. The monoisotopic (exact) mass is 311 g/mol. The Bertz CT molecular complexity index is 550. The quantitative estimate of drug-likeness (QED) is 0.872. The predicted molar refractivity (Wildman–Crippen MR) is 69.0 cm³/mol. The molecule has 100 valence electrons. The Morgan fingerprint density at radius 3 is 2.67 bits per heavy atom. The Kier molecular flexibility index (Phi) is 4.16. The number of halogens is 3. The highest BCUT2D eigenvalue weighted by Gasteiger charge is 2.30. The van der Waals surface area contributed by atoms with Crippen molar-refractivity contribution in [3.05, 3.63) is 29.0 Å². The molecule has 1 saturated carbocycles. The molecule has 0 aromatic heterocycles. The van der Waals surface area contributed by atoms with Gasteiger partial charge in [-0.05, 0) is 31.0 Å². The van der Waals surface area contributed by atoms with Crippen LogP contribution in [0.2, 0.25) is 5.02 Å². The molecule has 0 aliphatic heterocycles. The van der Waals surface area contributed by atoms with E-state index >= 15 is 0 Å². The summed E-state index contributed by atoms with van der Waals surface area (Å²) in [5, 5.41) is -0.236. The third kappa shape index (κ3) is 2.96. The van der Waals surface area contributed by atoms with Crippen LogP contribution in [0.25, 0.3) is 0 Å². The number of benzene rings is 1. The van der Waals surface area contributed by atoms with Crippen LogP contribution in [0.15, 0.2) is 23.1 Å². The molecule has 0 spiro atoms. The highest BCUT2D eigenvalue weighted by atomic mass is 35.5. The van der Waals surface area contributed by atoms with Crippen LogP contribution >= 0.6 is 23.2 Å². The van der Waals surface area contributed by atoms with Gasteiger partial charge in [-0.1, -0.05) is 18.0 Å². The normalized spacial score (nSPS) is 24.4. The molecular formula is C11H12Cl2FNO2S. The van der Waals surface area contributed by atoms with Gasteiger partial charge in [0.1, 0.15) is 10.7 Å². The third-order valence-corrected chi connectivity index (χ3v) is 5.41. The summed E-state index contributed by atoms with van der Waals surface area (Å²) in [5.74, 6) is -0.645. The summed E-state index contributed by atoms with van der Waals surface area (Å²) in [6.07, 6.45) is 2.32. The first-order chi connectivity index (χ1) is 8.40. The summed E-state index contributed by atoms with van der Waals surface area (Å²) in [4.78, 5) is -0.250. The SMILES string of the molecule is O=S(=O)(NC1CCCC1Cl)c1cc(F)ccc1Cl. The first-order valence-electron chi connectivity index (χ1n) is 5.51. The smallest absolute Gasteiger partial charge is 0.207 e. The van der Waals surface area contributed by atoms with Crippen molar-refractivity contribution in [2.45, 2.75) is 35.6 Å². The van der Waals surface area contributed by atoms with Gasteiger partial charge < -0.3 is 0 Å². The molecular weight excluding hydrogens is 300 g/mol. The molecule has 7 heteroatoms. The highest BCUT2D eigenvalue weighted by molar-refractivity contribution is 7.89. The van der Waals surface area contributed by atoms with Crippen LogP contribution in [-0.4, -0.2) is 19.8 Å². The Morgan fingerprint density at radius 2 is 2.06 bits per heavy atom. The maximum atomic E-state index is 13.1. The lowest BCUT2D eigenvalue weighted by Crippen LogP contribution is -2.37. The molecule has 0 amide bonds. The summed E-state index contributed by atoms with van der Waals surface area (Å²) in [6, 6.07) is 2.92. The molecule has 0 heterocycles. The summed E-state index contributed by atoms with van der Waals surface area (Å²) in [5.41, 5.74) is 0. The summed E-state index contributed by atoms with van der Waals surface area (Å²) < 4.78 is 39.7. The molecule has 2 rings (SSSR count). The third-order valence-electron chi connectivity index (χ3n) is 2.92. The summed E-state index contributed by atoms with van der Waals surface area (Å²) >= 11 is 11.8. The number of hydrogen-bond donors (Lipinski definition) is 1. The van der Waals surface area contributed by atoms with E-state index in [2.05, 4.69) is 4.72 Å². The van der Waals surface area contributed by atoms with Crippen molar-refractivity contribution in [1.29, 1.82) is 0 Å². The number of alkyl halides is 1. The average molecular weight is 312 g/mol. The number of sulfonamides is 1. The Labute approximate surface area is 115 Å². The van der Waals surface area contributed by atoms with Crippen molar-refractivity contribution in [3.8, 4) is 0 Å². The van der Waals surface area contributed by atoms with E-state index < -0.39 is 15.8 Å². The molecule has 0 radical (unpaired) electrons. The molecule has 1 aromatic rings. The fraction of sp³-hybridized carbons (Fsp3) is 0.455. The first-order valence-corrected chi connectivity index (χ1v) is 7.81. The summed E-state index contributed by atoms with van der Waals surface area (Å²) in [7, 11) is -3.84. The molecule has 1 N–H and O–H groups in total. The second-order valence-electron chi connectivity index (χ2n) is 4.25. The largest absolute Gasteiger partial charge is 0.242 e. The van der Waals surface area contributed by atoms with Gasteiger partial charge in [-0.25, -0.2) is 17.5 Å². The van der Waals surface area contributed by atoms with E-state index in [9.17, 15) is 12.8 Å². The van der Waals surface area contributed by atoms with E-state index in [0.29, 0.717) is 6.42 Å². The lowest BCUT2D eigenvalue weighted by atomic mass is 10.3. The molecule has 0 bridgehead atoms. The molecule has 3 nitrogen and oxygen atoms in total. The van der Waals surface area contributed by atoms with Gasteiger partial charge in [-0.15, -0.1) is 11.6 Å². The maximum Gasteiger partial charge on any atom is 0.242 e. The van der Waals surface area contributed by atoms with Crippen LogP contribution in [0.4, 0.5) is 4.39 Å². The van der Waals surface area contributed by atoms with Gasteiger partial charge in [0.25, 0.3) is 0 Å². The topological polar surface area (TPSA) is 46.2 Å². The Morgan fingerprint density at radius 1 is 1.33 bits per heavy atom. The zero-order valence-corrected chi connectivity index (χ0v) is 11.7. The number of hydrogen-bond acceptors (Lipinski definition) is 2. The minimum absolute atomic E-state index is 0.00646. The highest BCUT2D eigenvalue weighted by Crippen LogP contribution is 2.27. The second kappa shape index (κ2) is 5.33. The van der Waals surface area contributed by atoms with Gasteiger partial charge >= 0.3 is 0 Å². The lowest BCUT2D eigenvalue weighted by Gasteiger charge is -2.16. The van der Waals surface area contributed by atoms with Crippen molar-refractivity contribution in [1.82, 2.24) is 4.72 Å². The minimum atomic E-state index is -3.84. The zero-order valence-electron chi connectivity index (χ0n) is 9.37. The van der Waals surface area contributed by atoms with Crippen molar-refractivity contribution >= 4 is 33.2 Å². The van der Waals surface area contributed by atoms with E-state index in [0.717, 1.165) is 25.0 Å². The van der Waals surface area contributed by atoms with Crippen LogP contribution in [0.3, 0.4) is 0 Å². The Balaban J connectivity index is 2.28. The van der Waals surface area contributed by atoms with E-state index in [1.807, 2.05) is 0 Å².